The molecule has 0 radical (unpaired) electrons. The monoisotopic (exact) mass is 381 g/mol. The average Bonchev–Trinajstić information content (AvgIpc) is 3.28. The van der Waals surface area contributed by atoms with Gasteiger partial charge >= 0.3 is 0 Å². The van der Waals surface area contributed by atoms with Gasteiger partial charge in [-0.15, -0.1) is 0 Å². The van der Waals surface area contributed by atoms with E-state index >= 15 is 0 Å². The number of nitrogens with zero attached hydrogens (tertiary/aromatic N) is 2. The minimum absolute atomic E-state index is 0.0846. The Morgan fingerprint density at radius 3 is 2.61 bits per heavy atom. The summed E-state index contributed by atoms with van der Waals surface area (Å²) in [4.78, 5) is 12.9. The van der Waals surface area contributed by atoms with Gasteiger partial charge in [-0.05, 0) is 36.4 Å². The zero-order valence-corrected chi connectivity index (χ0v) is 15.8. The van der Waals surface area contributed by atoms with Crippen molar-refractivity contribution in [1.82, 2.24) is 9.78 Å². The number of aromatic nitrogens is 2. The van der Waals surface area contributed by atoms with Crippen LogP contribution in [-0.4, -0.2) is 22.5 Å². The third-order valence-corrected chi connectivity index (χ3v) is 4.43. The van der Waals surface area contributed by atoms with Crippen LogP contribution in [0.4, 0.5) is 10.2 Å². The van der Waals surface area contributed by atoms with Gasteiger partial charge in [0.2, 0.25) is 6.79 Å². The fourth-order valence-corrected chi connectivity index (χ4v) is 2.91. The number of rotatable bonds is 3. The first-order valence-electron chi connectivity index (χ1n) is 8.89. The van der Waals surface area contributed by atoms with E-state index < -0.39 is 0 Å². The minimum atomic E-state index is -0.342. The van der Waals surface area contributed by atoms with Gasteiger partial charge in [0.15, 0.2) is 11.5 Å². The van der Waals surface area contributed by atoms with Crippen LogP contribution in [0.3, 0.4) is 0 Å². The molecule has 28 heavy (non-hydrogen) atoms. The second kappa shape index (κ2) is 6.67. The topological polar surface area (TPSA) is 65.4 Å². The molecule has 0 atom stereocenters. The van der Waals surface area contributed by atoms with Crippen LogP contribution in [-0.2, 0) is 5.41 Å². The van der Waals surface area contributed by atoms with Crippen molar-refractivity contribution >= 4 is 11.7 Å². The molecule has 6 nitrogen and oxygen atoms in total. The van der Waals surface area contributed by atoms with Crippen LogP contribution in [0.5, 0.6) is 11.5 Å². The molecule has 1 aliphatic rings. The second-order valence-electron chi connectivity index (χ2n) is 7.55. The molecule has 2 heterocycles. The number of carbonyl (C=O) groups excluding carboxylic acids is 1. The number of anilines is 1. The molecule has 4 rings (SSSR count). The van der Waals surface area contributed by atoms with Crippen LogP contribution in [0, 0.1) is 5.82 Å². The van der Waals surface area contributed by atoms with Gasteiger partial charge in [0, 0.05) is 11.5 Å². The molecule has 144 valence electrons. The lowest BCUT2D eigenvalue weighted by Crippen LogP contribution is -2.16. The van der Waals surface area contributed by atoms with E-state index in [0.717, 1.165) is 5.69 Å². The average molecular weight is 381 g/mol. The number of ether oxygens (including phenoxy) is 2. The summed E-state index contributed by atoms with van der Waals surface area (Å²) in [5.74, 6) is 0.762. The summed E-state index contributed by atoms with van der Waals surface area (Å²) in [5.41, 5.74) is 1.59. The Morgan fingerprint density at radius 1 is 1.14 bits per heavy atom. The van der Waals surface area contributed by atoms with Crippen molar-refractivity contribution < 1.29 is 18.7 Å². The standard InChI is InChI=1S/C21H20FN3O3/c1-21(2,3)17-11-18(25(24-17)14-9-7-13(22)8-10-14)23-20(26)15-5-4-6-16-19(15)28-12-27-16/h4-11H,12H2,1-3H3,(H,23,26). The Bertz CT molecular complexity index is 1040. The summed E-state index contributed by atoms with van der Waals surface area (Å²) in [5, 5.41) is 7.52. The predicted octanol–water partition coefficient (Wildman–Crippen LogP) is 4.29. The highest BCUT2D eigenvalue weighted by Crippen LogP contribution is 2.36. The van der Waals surface area contributed by atoms with Crippen LogP contribution in [0.25, 0.3) is 5.69 Å². The van der Waals surface area contributed by atoms with Gasteiger partial charge in [0.1, 0.15) is 11.6 Å². The molecule has 0 saturated heterocycles. The number of nitrogens with one attached hydrogen (secondary N) is 1. The molecule has 0 bridgehead atoms. The van der Waals surface area contributed by atoms with Crippen molar-refractivity contribution in [3.8, 4) is 17.2 Å². The van der Waals surface area contributed by atoms with Crippen molar-refractivity contribution in [2.45, 2.75) is 26.2 Å². The number of benzene rings is 2. The summed E-state index contributed by atoms with van der Waals surface area (Å²) >= 11 is 0. The first kappa shape index (κ1) is 18.0. The number of carbonyl (C=O) groups is 1. The van der Waals surface area contributed by atoms with E-state index in [1.807, 2.05) is 26.8 Å². The summed E-state index contributed by atoms with van der Waals surface area (Å²) in [7, 11) is 0. The van der Waals surface area contributed by atoms with Gasteiger partial charge in [0.05, 0.1) is 16.9 Å². The van der Waals surface area contributed by atoms with Crippen LogP contribution in [0.1, 0.15) is 36.8 Å². The smallest absolute Gasteiger partial charge is 0.260 e. The number of para-hydroxylation sites is 1. The van der Waals surface area contributed by atoms with Gasteiger partial charge in [-0.2, -0.15) is 5.10 Å². The molecule has 1 aromatic heterocycles. The zero-order valence-electron chi connectivity index (χ0n) is 15.8. The van der Waals surface area contributed by atoms with Crippen LogP contribution in [0.2, 0.25) is 0 Å². The fourth-order valence-electron chi connectivity index (χ4n) is 2.91. The second-order valence-corrected chi connectivity index (χ2v) is 7.55. The zero-order chi connectivity index (χ0) is 19.9. The van der Waals surface area contributed by atoms with Crippen molar-refractivity contribution in [2.75, 3.05) is 12.1 Å². The Morgan fingerprint density at radius 2 is 1.89 bits per heavy atom. The number of fused-ring (bicyclic) bond motifs is 1. The molecule has 0 fully saturated rings. The molecule has 7 heteroatoms. The maximum absolute atomic E-state index is 13.3. The summed E-state index contributed by atoms with van der Waals surface area (Å²) in [6.07, 6.45) is 0. The van der Waals surface area contributed by atoms with E-state index in [-0.39, 0.29) is 23.9 Å². The normalized spacial score (nSPS) is 12.9. The maximum atomic E-state index is 13.3. The fraction of sp³-hybridized carbons (Fsp3) is 0.238. The van der Waals surface area contributed by atoms with Crippen molar-refractivity contribution in [3.63, 3.8) is 0 Å². The summed E-state index contributed by atoms with van der Waals surface area (Å²) < 4.78 is 25.7. The third-order valence-electron chi connectivity index (χ3n) is 4.43. The highest BCUT2D eigenvalue weighted by Gasteiger charge is 2.25. The molecule has 1 aliphatic heterocycles. The van der Waals surface area contributed by atoms with Gasteiger partial charge in [-0.1, -0.05) is 26.8 Å². The van der Waals surface area contributed by atoms with Gasteiger partial charge in [-0.3, -0.25) is 4.79 Å². The molecule has 1 N–H and O–H groups in total. The quantitative estimate of drug-likeness (QED) is 0.735. The van der Waals surface area contributed by atoms with E-state index in [4.69, 9.17) is 9.47 Å². The van der Waals surface area contributed by atoms with E-state index in [1.54, 1.807) is 35.0 Å². The number of hydrogen-bond donors (Lipinski definition) is 1. The van der Waals surface area contributed by atoms with E-state index in [0.29, 0.717) is 28.6 Å². The number of halogens is 1. The van der Waals surface area contributed by atoms with Crippen LogP contribution in [0.15, 0.2) is 48.5 Å². The van der Waals surface area contributed by atoms with Crippen molar-refractivity contribution in [1.29, 1.82) is 0 Å². The molecule has 2 aromatic carbocycles. The third kappa shape index (κ3) is 3.31. The molecular formula is C21H20FN3O3. The largest absolute Gasteiger partial charge is 0.454 e. The van der Waals surface area contributed by atoms with E-state index in [1.165, 1.54) is 12.1 Å². The van der Waals surface area contributed by atoms with E-state index in [9.17, 15) is 9.18 Å². The predicted molar refractivity (Wildman–Crippen MR) is 103 cm³/mol. The lowest BCUT2D eigenvalue weighted by atomic mass is 9.92. The molecule has 1 amide bonds. The lowest BCUT2D eigenvalue weighted by molar-refractivity contribution is 0.102. The molecular weight excluding hydrogens is 361 g/mol. The van der Waals surface area contributed by atoms with Crippen LogP contribution >= 0.6 is 0 Å². The molecule has 0 spiro atoms. The number of hydrogen-bond acceptors (Lipinski definition) is 4. The maximum Gasteiger partial charge on any atom is 0.260 e. The molecule has 0 saturated carbocycles. The van der Waals surface area contributed by atoms with Crippen LogP contribution < -0.4 is 14.8 Å². The van der Waals surface area contributed by atoms with Crippen molar-refractivity contribution in [3.05, 3.63) is 65.6 Å². The lowest BCUT2D eigenvalue weighted by Gasteiger charge is -2.14. The first-order chi connectivity index (χ1) is 13.3. The van der Waals surface area contributed by atoms with Gasteiger partial charge in [0.25, 0.3) is 5.91 Å². The molecule has 0 unspecified atom stereocenters. The first-order valence-corrected chi connectivity index (χ1v) is 8.89. The Balaban J connectivity index is 1.73. The minimum Gasteiger partial charge on any atom is -0.454 e. The van der Waals surface area contributed by atoms with Gasteiger partial charge in [-0.25, -0.2) is 9.07 Å². The number of amides is 1. The van der Waals surface area contributed by atoms with E-state index in [2.05, 4.69) is 10.4 Å². The summed E-state index contributed by atoms with van der Waals surface area (Å²) in [6, 6.07) is 12.9. The Hall–Kier alpha value is -3.35. The Labute approximate surface area is 161 Å². The highest BCUT2D eigenvalue weighted by atomic mass is 19.1. The van der Waals surface area contributed by atoms with Crippen molar-refractivity contribution in [2.24, 2.45) is 0 Å². The van der Waals surface area contributed by atoms with Gasteiger partial charge < -0.3 is 14.8 Å². The highest BCUT2D eigenvalue weighted by molar-refractivity contribution is 6.06. The SMILES string of the molecule is CC(C)(C)c1cc(NC(=O)c2cccc3c2OCO3)n(-c2ccc(F)cc2)n1. The molecule has 0 aliphatic carbocycles. The summed E-state index contributed by atoms with van der Waals surface area (Å²) in [6.45, 7) is 6.18. The Kier molecular flexibility index (Phi) is 4.30. The molecule has 3 aromatic rings.